The molecule has 6 nitrogen and oxygen atoms in total. The average molecular weight is 621 g/mol. The number of fused-ring (bicyclic) bond motifs is 1. The molecule has 0 atom stereocenters. The van der Waals surface area contributed by atoms with Crippen LogP contribution in [0.15, 0.2) is 70.3 Å². The Balaban J connectivity index is 1.34. The van der Waals surface area contributed by atoms with Gasteiger partial charge in [0.15, 0.2) is 5.82 Å². The number of aliphatic imine (C=N–C) groups is 2. The van der Waals surface area contributed by atoms with Gasteiger partial charge < -0.3 is 5.32 Å². The third kappa shape index (κ3) is 6.68. The van der Waals surface area contributed by atoms with Crippen molar-refractivity contribution in [3.8, 4) is 17.2 Å². The molecule has 0 aliphatic carbocycles. The first-order valence-corrected chi connectivity index (χ1v) is 16.8. The molecule has 0 spiro atoms. The highest BCUT2D eigenvalue weighted by atomic mass is 15.1. The van der Waals surface area contributed by atoms with Crippen LogP contribution < -0.4 is 5.32 Å². The fourth-order valence-electron chi connectivity index (χ4n) is 6.91. The lowest BCUT2D eigenvalue weighted by Gasteiger charge is -2.26. The van der Waals surface area contributed by atoms with Crippen molar-refractivity contribution in [3.05, 3.63) is 105 Å². The van der Waals surface area contributed by atoms with Crippen molar-refractivity contribution in [3.63, 3.8) is 0 Å². The molecular formula is C41H44N6. The molecule has 0 unspecified atom stereocenters. The van der Waals surface area contributed by atoms with Gasteiger partial charge in [0.25, 0.3) is 0 Å². The van der Waals surface area contributed by atoms with Gasteiger partial charge >= 0.3 is 0 Å². The van der Waals surface area contributed by atoms with Gasteiger partial charge in [-0.1, -0.05) is 43.2 Å². The van der Waals surface area contributed by atoms with Gasteiger partial charge in [0, 0.05) is 41.5 Å². The molecule has 4 aromatic rings. The Labute approximate surface area is 279 Å². The Morgan fingerprint density at radius 1 is 1.02 bits per heavy atom. The fraction of sp³-hybridized carbons (Fsp3) is 0.317. The summed E-state index contributed by atoms with van der Waals surface area (Å²) >= 11 is 0. The van der Waals surface area contributed by atoms with E-state index in [4.69, 9.17) is 4.99 Å². The van der Waals surface area contributed by atoms with Gasteiger partial charge in [-0.3, -0.25) is 14.9 Å². The van der Waals surface area contributed by atoms with Gasteiger partial charge in [-0.2, -0.15) is 5.26 Å². The first kappa shape index (κ1) is 32.1. The van der Waals surface area contributed by atoms with Crippen molar-refractivity contribution in [1.82, 2.24) is 9.88 Å². The Hall–Kier alpha value is -4.86. The van der Waals surface area contributed by atoms with Crippen LogP contribution in [0.4, 0.5) is 22.9 Å². The number of pyridine rings is 1. The molecule has 0 saturated carbocycles. The molecule has 2 aliphatic heterocycles. The number of aryl methyl sites for hydroxylation is 1. The monoisotopic (exact) mass is 620 g/mol. The van der Waals surface area contributed by atoms with E-state index in [-0.39, 0.29) is 0 Å². The third-order valence-corrected chi connectivity index (χ3v) is 9.67. The van der Waals surface area contributed by atoms with E-state index in [0.717, 1.165) is 82.2 Å². The third-order valence-electron chi connectivity index (χ3n) is 9.67. The zero-order valence-corrected chi connectivity index (χ0v) is 28.4. The lowest BCUT2D eigenvalue weighted by molar-refractivity contribution is 0.221. The fourth-order valence-corrected chi connectivity index (χ4v) is 6.91. The number of nitrogens with zero attached hydrogens (tertiary/aromatic N) is 5. The van der Waals surface area contributed by atoms with Crippen LogP contribution in [-0.2, 0) is 13.0 Å². The number of nitriles is 1. The van der Waals surface area contributed by atoms with Crippen molar-refractivity contribution in [2.24, 2.45) is 9.98 Å². The number of nitrogens with one attached hydrogen (secondary N) is 1. The first-order valence-electron chi connectivity index (χ1n) is 16.8. The van der Waals surface area contributed by atoms with Gasteiger partial charge in [-0.25, -0.2) is 4.98 Å². The molecule has 238 valence electrons. The van der Waals surface area contributed by atoms with Crippen LogP contribution >= 0.6 is 0 Å². The average Bonchev–Trinajstić information content (AvgIpc) is 3.51. The molecule has 3 aromatic carbocycles. The second kappa shape index (κ2) is 13.9. The van der Waals surface area contributed by atoms with E-state index in [1.54, 1.807) is 0 Å². The number of piperidine rings is 1. The van der Waals surface area contributed by atoms with E-state index >= 15 is 0 Å². The summed E-state index contributed by atoms with van der Waals surface area (Å²) in [4.78, 5) is 16.7. The first-order chi connectivity index (χ1) is 22.8. The number of likely N-dealkylation sites (tertiary alicyclic amines) is 1. The SMILES string of the molecule is C=Nc1c(/C=C(/C)CC)ccnc1Nc1cccc(-c2cc(C)cc(C3=Nc4cc(CN5CCCCC5)cc(C#N)c4C3)c2C)c1C. The summed E-state index contributed by atoms with van der Waals surface area (Å²) in [5.74, 6) is 0.686. The summed E-state index contributed by atoms with van der Waals surface area (Å²) in [5, 5.41) is 13.7. The summed E-state index contributed by atoms with van der Waals surface area (Å²) in [6, 6.07) is 19.6. The van der Waals surface area contributed by atoms with Crippen LogP contribution in [0, 0.1) is 32.1 Å². The molecule has 0 amide bonds. The van der Waals surface area contributed by atoms with Gasteiger partial charge in [0.05, 0.1) is 23.0 Å². The van der Waals surface area contributed by atoms with Gasteiger partial charge in [-0.15, -0.1) is 0 Å². The number of hydrogen-bond donors (Lipinski definition) is 1. The minimum absolute atomic E-state index is 0.665. The van der Waals surface area contributed by atoms with E-state index in [1.807, 2.05) is 12.3 Å². The van der Waals surface area contributed by atoms with Crippen LogP contribution in [0.3, 0.4) is 0 Å². The van der Waals surface area contributed by atoms with Crippen LogP contribution in [0.1, 0.15) is 84.0 Å². The Kier molecular flexibility index (Phi) is 9.47. The van der Waals surface area contributed by atoms with Crippen LogP contribution in [0.2, 0.25) is 0 Å². The molecule has 1 fully saturated rings. The Bertz CT molecular complexity index is 1950. The minimum atomic E-state index is 0.665. The zero-order chi connectivity index (χ0) is 33.1. The number of aromatic nitrogens is 1. The predicted octanol–water partition coefficient (Wildman–Crippen LogP) is 10.1. The zero-order valence-electron chi connectivity index (χ0n) is 28.4. The lowest BCUT2D eigenvalue weighted by atomic mass is 9.88. The van der Waals surface area contributed by atoms with Crippen LogP contribution in [0.5, 0.6) is 0 Å². The van der Waals surface area contributed by atoms with E-state index < -0.39 is 0 Å². The molecule has 6 heteroatoms. The number of rotatable bonds is 9. The molecule has 0 bridgehead atoms. The summed E-state index contributed by atoms with van der Waals surface area (Å²) in [6.07, 6.45) is 9.41. The minimum Gasteiger partial charge on any atom is -0.338 e. The predicted molar refractivity (Wildman–Crippen MR) is 197 cm³/mol. The van der Waals surface area contributed by atoms with Crippen molar-refractivity contribution < 1.29 is 0 Å². The molecule has 2 aliphatic rings. The van der Waals surface area contributed by atoms with Crippen molar-refractivity contribution in [1.29, 1.82) is 5.26 Å². The van der Waals surface area contributed by atoms with Gasteiger partial charge in [0.2, 0.25) is 0 Å². The Morgan fingerprint density at radius 3 is 2.55 bits per heavy atom. The summed E-state index contributed by atoms with van der Waals surface area (Å²) in [6.45, 7) is 17.7. The highest BCUT2D eigenvalue weighted by Crippen LogP contribution is 2.39. The van der Waals surface area contributed by atoms with E-state index in [1.165, 1.54) is 47.1 Å². The highest BCUT2D eigenvalue weighted by Gasteiger charge is 2.24. The summed E-state index contributed by atoms with van der Waals surface area (Å²) in [5.41, 5.74) is 15.9. The van der Waals surface area contributed by atoms with Crippen molar-refractivity contribution >= 4 is 41.4 Å². The molecule has 3 heterocycles. The molecule has 47 heavy (non-hydrogen) atoms. The molecule has 1 aromatic heterocycles. The maximum atomic E-state index is 10.1. The van der Waals surface area contributed by atoms with E-state index in [2.05, 4.69) is 116 Å². The second-order valence-corrected chi connectivity index (χ2v) is 13.0. The number of allylic oxidation sites excluding steroid dienone is 1. The van der Waals surface area contributed by atoms with Crippen LogP contribution in [0.25, 0.3) is 17.2 Å². The van der Waals surface area contributed by atoms with E-state index in [9.17, 15) is 5.26 Å². The maximum absolute atomic E-state index is 10.1. The lowest BCUT2D eigenvalue weighted by Crippen LogP contribution is -2.29. The maximum Gasteiger partial charge on any atom is 0.156 e. The summed E-state index contributed by atoms with van der Waals surface area (Å²) < 4.78 is 0. The standard InChI is InChI=1S/C41H44N6/c1-7-26(2)18-31-14-15-44-41(40(31)43-6)46-37-13-11-12-33(29(37)5)34-19-27(3)20-35(28(34)4)39-23-36-32(24-42)21-30(22-38(36)45-39)25-47-16-9-8-10-17-47/h11-15,18-22H,6-10,16-17,23,25H2,1-5H3,(H,44,46)/b26-18-. The van der Waals surface area contributed by atoms with Crippen molar-refractivity contribution in [2.75, 3.05) is 18.4 Å². The number of benzene rings is 3. The topological polar surface area (TPSA) is 76.7 Å². The number of anilines is 2. The largest absolute Gasteiger partial charge is 0.338 e. The molecule has 1 saturated heterocycles. The van der Waals surface area contributed by atoms with Gasteiger partial charge in [0.1, 0.15) is 5.69 Å². The molecule has 0 radical (unpaired) electrons. The summed E-state index contributed by atoms with van der Waals surface area (Å²) in [7, 11) is 0. The Morgan fingerprint density at radius 2 is 1.81 bits per heavy atom. The van der Waals surface area contributed by atoms with Crippen LogP contribution in [-0.4, -0.2) is 35.4 Å². The second-order valence-electron chi connectivity index (χ2n) is 13.0. The van der Waals surface area contributed by atoms with Crippen molar-refractivity contribution in [2.45, 2.75) is 73.3 Å². The quantitative estimate of drug-likeness (QED) is 0.189. The molecule has 6 rings (SSSR count). The highest BCUT2D eigenvalue weighted by molar-refractivity contribution is 6.09. The van der Waals surface area contributed by atoms with E-state index in [0.29, 0.717) is 12.2 Å². The molecule has 1 N–H and O–H groups in total. The number of hydrogen-bond acceptors (Lipinski definition) is 6. The normalized spacial score (nSPS) is 14.8. The van der Waals surface area contributed by atoms with Gasteiger partial charge in [-0.05, 0) is 130 Å². The smallest absolute Gasteiger partial charge is 0.156 e. The molecular weight excluding hydrogens is 576 g/mol.